The van der Waals surface area contributed by atoms with Crippen LogP contribution in [0.15, 0.2) is 48.5 Å². The van der Waals surface area contributed by atoms with Crippen LogP contribution in [0.5, 0.6) is 0 Å². The van der Waals surface area contributed by atoms with Gasteiger partial charge in [0.25, 0.3) is 0 Å². The maximum atomic E-state index is 13.1. The zero-order valence-corrected chi connectivity index (χ0v) is 15.8. The van der Waals surface area contributed by atoms with E-state index in [-0.39, 0.29) is 11.8 Å². The van der Waals surface area contributed by atoms with E-state index in [4.69, 9.17) is 9.72 Å². The predicted molar refractivity (Wildman–Crippen MR) is 104 cm³/mol. The fourth-order valence-electron chi connectivity index (χ4n) is 3.24. The second-order valence-electron chi connectivity index (χ2n) is 6.59. The Bertz CT molecular complexity index is 954. The molecule has 0 aliphatic heterocycles. The summed E-state index contributed by atoms with van der Waals surface area (Å²) in [4.78, 5) is 19.4. The van der Waals surface area contributed by atoms with Crippen LogP contribution in [-0.2, 0) is 17.8 Å². The van der Waals surface area contributed by atoms with Crippen LogP contribution in [0.25, 0.3) is 10.9 Å². The molecule has 3 aromatic rings. The van der Waals surface area contributed by atoms with Gasteiger partial charge in [-0.25, -0.2) is 9.18 Å². The van der Waals surface area contributed by atoms with Crippen molar-refractivity contribution in [3.63, 3.8) is 0 Å². The smallest absolute Gasteiger partial charge is 0.340 e. The third-order valence-electron chi connectivity index (χ3n) is 4.49. The lowest BCUT2D eigenvalue weighted by Gasteiger charge is -2.20. The number of carbonyl (C=O) groups excluding carboxylic acids is 1. The number of halogens is 1. The molecule has 4 nitrogen and oxygen atoms in total. The number of carbonyl (C=O) groups is 1. The summed E-state index contributed by atoms with van der Waals surface area (Å²) >= 11 is 0. The number of fused-ring (bicyclic) bond motifs is 1. The van der Waals surface area contributed by atoms with Gasteiger partial charge < -0.3 is 4.74 Å². The fourth-order valence-corrected chi connectivity index (χ4v) is 3.24. The van der Waals surface area contributed by atoms with Crippen molar-refractivity contribution in [3.8, 4) is 0 Å². The minimum Gasteiger partial charge on any atom is -0.462 e. The number of esters is 1. The molecule has 0 N–H and O–H groups in total. The average Bonchev–Trinajstić information content (AvgIpc) is 2.64. The van der Waals surface area contributed by atoms with E-state index in [1.54, 1.807) is 19.1 Å². The topological polar surface area (TPSA) is 42.4 Å². The normalized spacial score (nSPS) is 11.1. The van der Waals surface area contributed by atoms with Crippen LogP contribution in [0.2, 0.25) is 0 Å². The molecule has 0 radical (unpaired) electrons. The van der Waals surface area contributed by atoms with Gasteiger partial charge in [-0.1, -0.05) is 30.3 Å². The van der Waals surface area contributed by atoms with Crippen LogP contribution >= 0.6 is 0 Å². The Morgan fingerprint density at radius 1 is 1.11 bits per heavy atom. The number of hydrogen-bond acceptors (Lipinski definition) is 4. The number of aryl methyl sites for hydroxylation is 1. The van der Waals surface area contributed by atoms with Gasteiger partial charge in [-0.3, -0.25) is 9.88 Å². The Morgan fingerprint density at radius 3 is 2.52 bits per heavy atom. The van der Waals surface area contributed by atoms with Gasteiger partial charge >= 0.3 is 5.97 Å². The van der Waals surface area contributed by atoms with Crippen LogP contribution < -0.4 is 0 Å². The quantitative estimate of drug-likeness (QED) is 0.603. The number of rotatable bonds is 6. The third kappa shape index (κ3) is 4.31. The zero-order valence-electron chi connectivity index (χ0n) is 15.8. The van der Waals surface area contributed by atoms with Crippen molar-refractivity contribution >= 4 is 16.9 Å². The van der Waals surface area contributed by atoms with E-state index in [0.29, 0.717) is 31.0 Å². The molecular formula is C22H23FN2O2. The molecule has 0 aliphatic rings. The van der Waals surface area contributed by atoms with E-state index < -0.39 is 0 Å². The van der Waals surface area contributed by atoms with E-state index in [0.717, 1.165) is 22.0 Å². The predicted octanol–water partition coefficient (Wildman–Crippen LogP) is 4.49. The van der Waals surface area contributed by atoms with Gasteiger partial charge in [0.15, 0.2) is 0 Å². The number of hydrogen-bond donors (Lipinski definition) is 0. The second kappa shape index (κ2) is 8.27. The fraction of sp³-hybridized carbons (Fsp3) is 0.273. The number of nitrogens with zero attached hydrogens (tertiary/aromatic N) is 2. The summed E-state index contributed by atoms with van der Waals surface area (Å²) in [6, 6.07) is 14.2. The Balaban J connectivity index is 1.94. The molecule has 1 heterocycles. The van der Waals surface area contributed by atoms with Crippen molar-refractivity contribution in [3.05, 3.63) is 76.7 Å². The molecule has 0 saturated heterocycles. The summed E-state index contributed by atoms with van der Waals surface area (Å²) in [5, 5.41) is 0.950. The number of pyridine rings is 1. The van der Waals surface area contributed by atoms with Gasteiger partial charge in [0.05, 0.1) is 23.4 Å². The summed E-state index contributed by atoms with van der Waals surface area (Å²) in [5.74, 6) is -0.601. The highest BCUT2D eigenvalue weighted by molar-refractivity contribution is 5.98. The largest absolute Gasteiger partial charge is 0.462 e. The Hall–Kier alpha value is -2.79. The average molecular weight is 366 g/mol. The highest BCUT2D eigenvalue weighted by Crippen LogP contribution is 2.25. The van der Waals surface area contributed by atoms with Crippen LogP contribution in [0.3, 0.4) is 0 Å². The highest BCUT2D eigenvalue weighted by atomic mass is 19.1. The molecule has 0 fully saturated rings. The molecule has 0 saturated carbocycles. The minimum absolute atomic E-state index is 0.252. The molecule has 3 rings (SSSR count). The van der Waals surface area contributed by atoms with Gasteiger partial charge in [0.1, 0.15) is 5.82 Å². The zero-order chi connectivity index (χ0) is 19.4. The van der Waals surface area contributed by atoms with Crippen molar-refractivity contribution in [2.75, 3.05) is 13.7 Å². The lowest BCUT2D eigenvalue weighted by atomic mass is 10.0. The summed E-state index contributed by atoms with van der Waals surface area (Å²) in [6.07, 6.45) is 0. The maximum absolute atomic E-state index is 13.1. The summed E-state index contributed by atoms with van der Waals surface area (Å²) in [6.45, 7) is 5.14. The van der Waals surface area contributed by atoms with Gasteiger partial charge in [-0.05, 0) is 50.2 Å². The first-order chi connectivity index (χ1) is 13.0. The number of benzene rings is 2. The molecule has 0 amide bonds. The summed E-state index contributed by atoms with van der Waals surface area (Å²) < 4.78 is 18.4. The number of para-hydroxylation sites is 1. The van der Waals surface area contributed by atoms with Crippen molar-refractivity contribution in [2.24, 2.45) is 0 Å². The first-order valence-corrected chi connectivity index (χ1v) is 8.98. The molecule has 0 aliphatic carbocycles. The molecule has 27 heavy (non-hydrogen) atoms. The molecule has 5 heteroatoms. The van der Waals surface area contributed by atoms with Crippen LogP contribution in [-0.4, -0.2) is 29.5 Å². The van der Waals surface area contributed by atoms with E-state index in [9.17, 15) is 9.18 Å². The SMILES string of the molecule is CCOC(=O)c1c(CN(C)Cc2ccc(F)cc2)nc2ccccc2c1C. The summed E-state index contributed by atoms with van der Waals surface area (Å²) in [7, 11) is 1.95. The van der Waals surface area contributed by atoms with Crippen LogP contribution in [0.1, 0.15) is 34.1 Å². The molecule has 0 atom stereocenters. The molecule has 1 aromatic heterocycles. The Morgan fingerprint density at radius 2 is 1.81 bits per heavy atom. The van der Waals surface area contributed by atoms with E-state index in [1.165, 1.54) is 12.1 Å². The second-order valence-corrected chi connectivity index (χ2v) is 6.59. The first kappa shape index (κ1) is 19.0. The molecule has 2 aromatic carbocycles. The number of aromatic nitrogens is 1. The van der Waals surface area contributed by atoms with Crippen molar-refractivity contribution in [2.45, 2.75) is 26.9 Å². The van der Waals surface area contributed by atoms with Crippen LogP contribution in [0.4, 0.5) is 4.39 Å². The highest BCUT2D eigenvalue weighted by Gasteiger charge is 2.20. The first-order valence-electron chi connectivity index (χ1n) is 8.98. The standard InChI is InChI=1S/C22H23FN2O2/c1-4-27-22(26)21-15(2)18-7-5-6-8-19(18)24-20(21)14-25(3)13-16-9-11-17(23)12-10-16/h5-12H,4,13-14H2,1-3H3. The van der Waals surface area contributed by atoms with E-state index >= 15 is 0 Å². The number of ether oxygens (including phenoxy) is 1. The van der Waals surface area contributed by atoms with Crippen LogP contribution in [0, 0.1) is 12.7 Å². The molecule has 0 spiro atoms. The van der Waals surface area contributed by atoms with E-state index in [1.807, 2.05) is 43.1 Å². The molecular weight excluding hydrogens is 343 g/mol. The molecule has 0 unspecified atom stereocenters. The molecule has 140 valence electrons. The molecule has 0 bridgehead atoms. The lowest BCUT2D eigenvalue weighted by molar-refractivity contribution is 0.0522. The lowest BCUT2D eigenvalue weighted by Crippen LogP contribution is -2.21. The van der Waals surface area contributed by atoms with Crippen molar-refractivity contribution in [1.82, 2.24) is 9.88 Å². The minimum atomic E-state index is -0.349. The van der Waals surface area contributed by atoms with Crippen molar-refractivity contribution in [1.29, 1.82) is 0 Å². The van der Waals surface area contributed by atoms with Gasteiger partial charge in [-0.15, -0.1) is 0 Å². The third-order valence-corrected chi connectivity index (χ3v) is 4.49. The van der Waals surface area contributed by atoms with Crippen molar-refractivity contribution < 1.29 is 13.9 Å². The van der Waals surface area contributed by atoms with E-state index in [2.05, 4.69) is 0 Å². The van der Waals surface area contributed by atoms with Gasteiger partial charge in [0.2, 0.25) is 0 Å². The van der Waals surface area contributed by atoms with Gasteiger partial charge in [-0.2, -0.15) is 0 Å². The summed E-state index contributed by atoms with van der Waals surface area (Å²) in [5.41, 5.74) is 3.95. The van der Waals surface area contributed by atoms with Gasteiger partial charge in [0, 0.05) is 18.5 Å². The maximum Gasteiger partial charge on any atom is 0.340 e. The monoisotopic (exact) mass is 366 g/mol. The Kier molecular flexibility index (Phi) is 5.81. The Labute approximate surface area is 158 Å².